The van der Waals surface area contributed by atoms with Crippen LogP contribution in [0.1, 0.15) is 24.9 Å². The van der Waals surface area contributed by atoms with Gasteiger partial charge in [0.05, 0.1) is 5.52 Å². The summed E-state index contributed by atoms with van der Waals surface area (Å²) in [5.41, 5.74) is 8.13. The Kier molecular flexibility index (Phi) is 2.13. The van der Waals surface area contributed by atoms with Crippen molar-refractivity contribution in [1.29, 1.82) is 0 Å². The average molecular weight is 192 g/mol. The van der Waals surface area contributed by atoms with Gasteiger partial charge in [-0.3, -0.25) is 4.98 Å². The third-order valence-electron chi connectivity index (χ3n) is 2.31. The van der Waals surface area contributed by atoms with Gasteiger partial charge in [0.15, 0.2) is 5.58 Å². The highest BCUT2D eigenvalue weighted by Gasteiger charge is 2.06. The third kappa shape index (κ3) is 1.44. The van der Waals surface area contributed by atoms with Gasteiger partial charge in [-0.2, -0.15) is 0 Å². The Labute approximate surface area is 80.7 Å². The minimum absolute atomic E-state index is 0.000368. The van der Waals surface area contributed by atoms with Crippen LogP contribution in [0.4, 0.5) is 0 Å². The molecule has 1 aromatic heterocycles. The number of aromatic nitrogens is 1. The van der Waals surface area contributed by atoms with Crippen molar-refractivity contribution in [2.75, 3.05) is 0 Å². The van der Waals surface area contributed by atoms with E-state index in [2.05, 4.69) is 4.98 Å². The van der Waals surface area contributed by atoms with Crippen molar-refractivity contribution >= 4 is 11.1 Å². The third-order valence-corrected chi connectivity index (χ3v) is 2.31. The molecule has 3 N–H and O–H groups in total. The number of aromatic amines is 1. The van der Waals surface area contributed by atoms with Crippen LogP contribution < -0.4 is 11.5 Å². The highest BCUT2D eigenvalue weighted by molar-refractivity contribution is 5.72. The monoisotopic (exact) mass is 192 g/mol. The fourth-order valence-corrected chi connectivity index (χ4v) is 1.43. The summed E-state index contributed by atoms with van der Waals surface area (Å²) in [6.07, 6.45) is 0.861. The second-order valence-corrected chi connectivity index (χ2v) is 3.28. The van der Waals surface area contributed by atoms with Crippen molar-refractivity contribution < 1.29 is 4.42 Å². The molecule has 1 unspecified atom stereocenters. The molecule has 4 nitrogen and oxygen atoms in total. The molecule has 0 aliphatic rings. The summed E-state index contributed by atoms with van der Waals surface area (Å²) < 4.78 is 4.94. The predicted octanol–water partition coefficient (Wildman–Crippen LogP) is 1.53. The maximum Gasteiger partial charge on any atom is 0.417 e. The molecule has 0 spiro atoms. The lowest BCUT2D eigenvalue weighted by molar-refractivity contribution is 0.554. The van der Waals surface area contributed by atoms with E-state index in [9.17, 15) is 4.79 Å². The summed E-state index contributed by atoms with van der Waals surface area (Å²) in [7, 11) is 0. The van der Waals surface area contributed by atoms with Gasteiger partial charge in [0.2, 0.25) is 0 Å². The highest BCUT2D eigenvalue weighted by Crippen LogP contribution is 2.18. The molecule has 0 aliphatic carbocycles. The number of benzene rings is 1. The summed E-state index contributed by atoms with van der Waals surface area (Å²) >= 11 is 0. The first-order valence-electron chi connectivity index (χ1n) is 4.59. The molecule has 0 saturated carbocycles. The fourth-order valence-electron chi connectivity index (χ4n) is 1.43. The van der Waals surface area contributed by atoms with Crippen LogP contribution in [0.2, 0.25) is 0 Å². The van der Waals surface area contributed by atoms with E-state index in [1.165, 1.54) is 0 Å². The van der Waals surface area contributed by atoms with Gasteiger partial charge in [-0.25, -0.2) is 4.79 Å². The Balaban J connectivity index is 2.55. The minimum atomic E-state index is -0.429. The minimum Gasteiger partial charge on any atom is -0.408 e. The number of fused-ring (bicyclic) bond motifs is 1. The molecule has 14 heavy (non-hydrogen) atoms. The molecule has 2 aromatic rings. The number of rotatable bonds is 2. The molecule has 1 atom stereocenters. The largest absolute Gasteiger partial charge is 0.417 e. The maximum atomic E-state index is 10.9. The van der Waals surface area contributed by atoms with Gasteiger partial charge in [-0.05, 0) is 24.1 Å². The van der Waals surface area contributed by atoms with E-state index >= 15 is 0 Å². The van der Waals surface area contributed by atoms with Gasteiger partial charge in [0.1, 0.15) is 0 Å². The predicted molar refractivity (Wildman–Crippen MR) is 54.1 cm³/mol. The topological polar surface area (TPSA) is 72.0 Å². The Morgan fingerprint density at radius 1 is 1.57 bits per heavy atom. The number of oxazole rings is 1. The van der Waals surface area contributed by atoms with E-state index in [0.29, 0.717) is 11.1 Å². The van der Waals surface area contributed by atoms with Gasteiger partial charge >= 0.3 is 5.76 Å². The molecule has 74 valence electrons. The van der Waals surface area contributed by atoms with Crippen molar-refractivity contribution in [2.45, 2.75) is 19.4 Å². The maximum absolute atomic E-state index is 10.9. The molecule has 1 aromatic carbocycles. The molecule has 2 rings (SSSR count). The normalized spacial score (nSPS) is 13.3. The van der Waals surface area contributed by atoms with E-state index in [4.69, 9.17) is 10.2 Å². The van der Waals surface area contributed by atoms with Crippen LogP contribution >= 0.6 is 0 Å². The van der Waals surface area contributed by atoms with Crippen LogP contribution in [0.25, 0.3) is 11.1 Å². The van der Waals surface area contributed by atoms with Crippen LogP contribution in [0.5, 0.6) is 0 Å². The molecule has 4 heteroatoms. The van der Waals surface area contributed by atoms with E-state index in [1.54, 1.807) is 6.07 Å². The van der Waals surface area contributed by atoms with Gasteiger partial charge in [-0.1, -0.05) is 13.0 Å². The van der Waals surface area contributed by atoms with Crippen LogP contribution in [-0.4, -0.2) is 4.98 Å². The summed E-state index contributed by atoms with van der Waals surface area (Å²) in [5.74, 6) is -0.429. The SMILES string of the molecule is CCC(N)c1ccc2[nH]c(=O)oc2c1. The molecule has 1 heterocycles. The summed E-state index contributed by atoms with van der Waals surface area (Å²) in [5, 5.41) is 0. The molecule has 0 bridgehead atoms. The first-order valence-corrected chi connectivity index (χ1v) is 4.59. The lowest BCUT2D eigenvalue weighted by Crippen LogP contribution is -2.07. The first kappa shape index (κ1) is 9.02. The number of H-pyrrole nitrogens is 1. The van der Waals surface area contributed by atoms with Crippen molar-refractivity contribution in [3.8, 4) is 0 Å². The smallest absolute Gasteiger partial charge is 0.408 e. The molecule has 0 amide bonds. The van der Waals surface area contributed by atoms with E-state index in [0.717, 1.165) is 12.0 Å². The van der Waals surface area contributed by atoms with Crippen LogP contribution in [-0.2, 0) is 0 Å². The van der Waals surface area contributed by atoms with Gasteiger partial charge < -0.3 is 10.2 Å². The molecule has 0 saturated heterocycles. The molecular weight excluding hydrogens is 180 g/mol. The number of nitrogens with one attached hydrogen (secondary N) is 1. The number of nitrogens with two attached hydrogens (primary N) is 1. The number of hydrogen-bond donors (Lipinski definition) is 2. The lowest BCUT2D eigenvalue weighted by Gasteiger charge is -2.07. The molecule has 0 fully saturated rings. The fraction of sp³-hybridized carbons (Fsp3) is 0.300. The lowest BCUT2D eigenvalue weighted by atomic mass is 10.1. The van der Waals surface area contributed by atoms with Crippen molar-refractivity contribution in [3.63, 3.8) is 0 Å². The van der Waals surface area contributed by atoms with E-state index in [1.807, 2.05) is 19.1 Å². The molecular formula is C10H12N2O2. The van der Waals surface area contributed by atoms with Crippen molar-refractivity contribution in [3.05, 3.63) is 34.3 Å². The molecule has 0 aliphatic heterocycles. The van der Waals surface area contributed by atoms with Gasteiger partial charge in [0.25, 0.3) is 0 Å². The zero-order chi connectivity index (χ0) is 10.1. The second-order valence-electron chi connectivity index (χ2n) is 3.28. The average Bonchev–Trinajstić information content (AvgIpc) is 2.55. The Morgan fingerprint density at radius 2 is 2.36 bits per heavy atom. The summed E-state index contributed by atoms with van der Waals surface area (Å²) in [6, 6.07) is 5.52. The molecule has 0 radical (unpaired) electrons. The van der Waals surface area contributed by atoms with Crippen LogP contribution in [0.3, 0.4) is 0 Å². The van der Waals surface area contributed by atoms with Crippen LogP contribution in [0.15, 0.2) is 27.4 Å². The summed E-state index contributed by atoms with van der Waals surface area (Å²) in [6.45, 7) is 2.02. The van der Waals surface area contributed by atoms with Crippen LogP contribution in [0, 0.1) is 0 Å². The van der Waals surface area contributed by atoms with E-state index < -0.39 is 5.76 Å². The summed E-state index contributed by atoms with van der Waals surface area (Å²) in [4.78, 5) is 13.5. The van der Waals surface area contributed by atoms with Gasteiger partial charge in [-0.15, -0.1) is 0 Å². The van der Waals surface area contributed by atoms with Crippen molar-refractivity contribution in [2.24, 2.45) is 5.73 Å². The van der Waals surface area contributed by atoms with E-state index in [-0.39, 0.29) is 6.04 Å². The van der Waals surface area contributed by atoms with Crippen molar-refractivity contribution in [1.82, 2.24) is 4.98 Å². The van der Waals surface area contributed by atoms with Gasteiger partial charge in [0, 0.05) is 6.04 Å². The number of hydrogen-bond acceptors (Lipinski definition) is 3. The standard InChI is InChI=1S/C10H12N2O2/c1-2-7(11)6-3-4-8-9(5-6)14-10(13)12-8/h3-5,7H,2,11H2,1H3,(H,12,13). The zero-order valence-corrected chi connectivity index (χ0v) is 7.91. The Bertz CT molecular complexity index is 498. The zero-order valence-electron chi connectivity index (χ0n) is 7.91. The first-order chi connectivity index (χ1) is 6.70. The highest BCUT2D eigenvalue weighted by atomic mass is 16.4. The second kappa shape index (κ2) is 3.31. The Morgan fingerprint density at radius 3 is 3.07 bits per heavy atom. The Hall–Kier alpha value is -1.55. The quantitative estimate of drug-likeness (QED) is 0.757.